The molecule has 0 aliphatic carbocycles. The van der Waals surface area contributed by atoms with Gasteiger partial charge >= 0.3 is 0 Å². The van der Waals surface area contributed by atoms with E-state index in [1.54, 1.807) is 0 Å². The molecule has 0 unspecified atom stereocenters. The number of pyridine rings is 4. The van der Waals surface area contributed by atoms with Gasteiger partial charge in [0.25, 0.3) is 6.71 Å². The molecular weight excluding hydrogens is 661 g/mol. The van der Waals surface area contributed by atoms with Crippen LogP contribution < -0.4 is 21.3 Å². The van der Waals surface area contributed by atoms with Gasteiger partial charge in [-0.2, -0.15) is 0 Å². The maximum absolute atomic E-state index is 5.17. The number of hydrogen-bond acceptors (Lipinski definition) is 5. The first-order valence-electron chi connectivity index (χ1n) is 18.8. The summed E-state index contributed by atoms with van der Waals surface area (Å²) in [6.07, 6.45) is 13.9. The number of aromatic nitrogens is 6. The highest BCUT2D eigenvalue weighted by atomic mass is 15.2. The van der Waals surface area contributed by atoms with Crippen LogP contribution in [0.1, 0.15) is 52.7 Å². The van der Waals surface area contributed by atoms with Crippen molar-refractivity contribution in [2.75, 3.05) is 4.90 Å². The molecule has 7 nitrogen and oxygen atoms in total. The van der Waals surface area contributed by atoms with Gasteiger partial charge in [-0.25, -0.2) is 0 Å². The zero-order valence-corrected chi connectivity index (χ0v) is 31.1. The Morgan fingerprint density at radius 3 is 1.89 bits per heavy atom. The van der Waals surface area contributed by atoms with Crippen molar-refractivity contribution in [1.82, 2.24) is 28.9 Å². The minimum absolute atomic E-state index is 0.00688. The van der Waals surface area contributed by atoms with E-state index in [4.69, 9.17) is 9.97 Å². The SMILES string of the molecule is CC(C)(C)c1ccc(N2c3cnccc3B3c4c2c2c5ccncc5n5c6cnccc6c(c4-n4c6ccc(C(C)(C)C)cc6c6nccc3c64)c25)cc1. The minimum atomic E-state index is -0.0470. The van der Waals surface area contributed by atoms with Crippen LogP contribution in [0.4, 0.5) is 17.1 Å². The predicted octanol–water partition coefficient (Wildman–Crippen LogP) is 8.72. The van der Waals surface area contributed by atoms with E-state index in [9.17, 15) is 0 Å². The van der Waals surface area contributed by atoms with Crippen LogP contribution in [0.5, 0.6) is 0 Å². The molecular formula is C46H36BN7. The van der Waals surface area contributed by atoms with Crippen molar-refractivity contribution in [2.24, 2.45) is 0 Å². The third kappa shape index (κ3) is 3.59. The summed E-state index contributed by atoms with van der Waals surface area (Å²) in [5.41, 5.74) is 17.8. The summed E-state index contributed by atoms with van der Waals surface area (Å²) in [4.78, 5) is 21.8. The Morgan fingerprint density at radius 1 is 0.556 bits per heavy atom. The van der Waals surface area contributed by atoms with Crippen LogP contribution in [0.3, 0.4) is 0 Å². The van der Waals surface area contributed by atoms with Crippen LogP contribution in [-0.4, -0.2) is 35.6 Å². The van der Waals surface area contributed by atoms with E-state index in [2.05, 4.69) is 138 Å². The second-order valence-electron chi connectivity index (χ2n) is 17.2. The summed E-state index contributed by atoms with van der Waals surface area (Å²) in [7, 11) is 0. The predicted molar refractivity (Wildman–Crippen MR) is 223 cm³/mol. The molecule has 0 atom stereocenters. The van der Waals surface area contributed by atoms with Crippen molar-refractivity contribution in [1.29, 1.82) is 0 Å². The molecule has 10 aromatic rings. The summed E-state index contributed by atoms with van der Waals surface area (Å²) in [5, 5.41) is 5.99. The van der Waals surface area contributed by atoms with Gasteiger partial charge in [0, 0.05) is 57.4 Å². The summed E-state index contributed by atoms with van der Waals surface area (Å²) < 4.78 is 4.95. The van der Waals surface area contributed by atoms with Gasteiger partial charge in [-0.3, -0.25) is 19.9 Å². The summed E-state index contributed by atoms with van der Waals surface area (Å²) in [5.74, 6) is 0. The average Bonchev–Trinajstić information content (AvgIpc) is 3.81. The quantitative estimate of drug-likeness (QED) is 0.161. The van der Waals surface area contributed by atoms with E-state index < -0.39 is 0 Å². The van der Waals surface area contributed by atoms with Gasteiger partial charge in [-0.05, 0) is 86.9 Å². The molecule has 7 aromatic heterocycles. The van der Waals surface area contributed by atoms with Crippen LogP contribution in [0.15, 0.2) is 110 Å². The number of nitrogens with zero attached hydrogens (tertiary/aromatic N) is 7. The van der Waals surface area contributed by atoms with Crippen molar-refractivity contribution in [3.05, 3.63) is 121 Å². The monoisotopic (exact) mass is 697 g/mol. The lowest BCUT2D eigenvalue weighted by Gasteiger charge is -2.40. The third-order valence-corrected chi connectivity index (χ3v) is 12.3. The molecule has 2 aliphatic heterocycles. The normalized spacial score (nSPS) is 14.0. The Balaban J connectivity index is 1.36. The highest BCUT2D eigenvalue weighted by Crippen LogP contribution is 2.51. The fraction of sp³-hybridized carbons (Fsp3) is 0.174. The molecule has 54 heavy (non-hydrogen) atoms. The first-order valence-corrected chi connectivity index (χ1v) is 18.8. The van der Waals surface area contributed by atoms with E-state index in [-0.39, 0.29) is 17.5 Å². The van der Waals surface area contributed by atoms with E-state index >= 15 is 0 Å². The van der Waals surface area contributed by atoms with Gasteiger partial charge < -0.3 is 13.9 Å². The molecule has 0 saturated heterocycles. The first kappa shape index (κ1) is 30.2. The van der Waals surface area contributed by atoms with E-state index in [0.717, 1.165) is 27.9 Å². The van der Waals surface area contributed by atoms with Crippen LogP contribution in [-0.2, 0) is 10.8 Å². The van der Waals surface area contributed by atoms with Gasteiger partial charge in [0.1, 0.15) is 0 Å². The lowest BCUT2D eigenvalue weighted by molar-refractivity contribution is 0.590. The van der Waals surface area contributed by atoms with Crippen molar-refractivity contribution in [3.63, 3.8) is 0 Å². The minimum Gasteiger partial charge on any atom is -0.309 e. The van der Waals surface area contributed by atoms with Crippen molar-refractivity contribution in [2.45, 2.75) is 52.4 Å². The molecule has 9 heterocycles. The van der Waals surface area contributed by atoms with E-state index in [0.29, 0.717) is 0 Å². The first-order chi connectivity index (χ1) is 26.1. The number of anilines is 3. The van der Waals surface area contributed by atoms with Crippen molar-refractivity contribution < 1.29 is 0 Å². The van der Waals surface area contributed by atoms with E-state index in [1.165, 1.54) is 82.4 Å². The highest BCUT2D eigenvalue weighted by molar-refractivity contribution is 7.01. The van der Waals surface area contributed by atoms with Crippen LogP contribution in [0, 0.1) is 0 Å². The second-order valence-corrected chi connectivity index (χ2v) is 17.2. The van der Waals surface area contributed by atoms with Gasteiger partial charge in [0.15, 0.2) is 0 Å². The Morgan fingerprint density at radius 2 is 1.19 bits per heavy atom. The number of fused-ring (bicyclic) bond motifs is 15. The second kappa shape index (κ2) is 9.82. The zero-order valence-electron chi connectivity index (χ0n) is 31.1. The number of hydrogen-bond donors (Lipinski definition) is 0. The van der Waals surface area contributed by atoms with E-state index in [1.807, 2.05) is 37.2 Å². The maximum Gasteiger partial charge on any atom is 0.252 e. The summed E-state index contributed by atoms with van der Waals surface area (Å²) in [6, 6.07) is 25.1. The Bertz CT molecular complexity index is 3250. The summed E-state index contributed by atoms with van der Waals surface area (Å²) >= 11 is 0. The van der Waals surface area contributed by atoms with Crippen molar-refractivity contribution in [3.8, 4) is 5.69 Å². The molecule has 0 bridgehead atoms. The highest BCUT2D eigenvalue weighted by Gasteiger charge is 2.45. The lowest BCUT2D eigenvalue weighted by atomic mass is 9.34. The molecule has 0 amide bonds. The van der Waals surface area contributed by atoms with Gasteiger partial charge in [-0.1, -0.05) is 59.7 Å². The van der Waals surface area contributed by atoms with Crippen LogP contribution in [0.25, 0.3) is 65.7 Å². The smallest absolute Gasteiger partial charge is 0.252 e. The van der Waals surface area contributed by atoms with Crippen LogP contribution in [0.2, 0.25) is 0 Å². The lowest BCUT2D eigenvalue weighted by Crippen LogP contribution is -2.60. The van der Waals surface area contributed by atoms with Gasteiger partial charge in [0.2, 0.25) is 0 Å². The molecule has 2 aliphatic rings. The molecule has 0 spiro atoms. The topological polar surface area (TPSA) is 64.1 Å². The zero-order chi connectivity index (χ0) is 36.4. The van der Waals surface area contributed by atoms with Crippen LogP contribution >= 0.6 is 0 Å². The summed E-state index contributed by atoms with van der Waals surface area (Å²) in [6.45, 7) is 13.6. The molecule has 0 radical (unpaired) electrons. The molecule has 12 rings (SSSR count). The molecule has 0 saturated carbocycles. The van der Waals surface area contributed by atoms with Gasteiger partial charge in [0.05, 0.1) is 68.8 Å². The third-order valence-electron chi connectivity index (χ3n) is 12.3. The standard InChI is InChI=1S/C46H36BN7/c1-45(2,3)25-7-10-27(11-8-25)52-36-24-50-19-15-31(36)47-32-16-20-51-40-30-21-26(46(4,5)6)9-12-33(30)54(41(32)40)44-38-29-14-18-49-23-35(29)53-34-22-48-17-13-28(34)37(42(38)53)43(52)39(44)47/h7-24H,1-6H3. The Labute approximate surface area is 312 Å². The molecule has 0 fully saturated rings. The Hall–Kier alpha value is -6.28. The molecule has 3 aromatic carbocycles. The molecule has 0 N–H and O–H groups in total. The number of benzene rings is 3. The molecule has 258 valence electrons. The van der Waals surface area contributed by atoms with Gasteiger partial charge in [-0.15, -0.1) is 0 Å². The van der Waals surface area contributed by atoms with Crippen molar-refractivity contribution >= 4 is 100 Å². The largest absolute Gasteiger partial charge is 0.309 e. The average molecular weight is 698 g/mol. The fourth-order valence-corrected chi connectivity index (χ4v) is 9.80. The fourth-order valence-electron chi connectivity index (χ4n) is 9.80. The Kier molecular flexibility index (Phi) is 5.50. The molecule has 8 heteroatoms. The maximum atomic E-state index is 5.17. The number of rotatable bonds is 1.